The topological polar surface area (TPSA) is 66.8 Å². The molecule has 1 atom stereocenters. The summed E-state index contributed by atoms with van der Waals surface area (Å²) in [5, 5.41) is 8.98. The van der Waals surface area contributed by atoms with Crippen LogP contribution in [0.25, 0.3) is 0 Å². The van der Waals surface area contributed by atoms with Gasteiger partial charge in [0, 0.05) is 18.7 Å². The van der Waals surface area contributed by atoms with Crippen molar-refractivity contribution in [1.29, 1.82) is 0 Å². The Balaban J connectivity index is 1.74. The highest BCUT2D eigenvalue weighted by Gasteiger charge is 2.36. The van der Waals surface area contributed by atoms with E-state index in [9.17, 15) is 9.59 Å². The fraction of sp³-hybridized carbons (Fsp3) is 0.467. The van der Waals surface area contributed by atoms with Crippen molar-refractivity contribution in [2.24, 2.45) is 5.92 Å². The van der Waals surface area contributed by atoms with Gasteiger partial charge in [-0.2, -0.15) is 0 Å². The van der Waals surface area contributed by atoms with E-state index < -0.39 is 5.97 Å². The highest BCUT2D eigenvalue weighted by Crippen LogP contribution is 2.35. The predicted molar refractivity (Wildman–Crippen MR) is 71.8 cm³/mol. The van der Waals surface area contributed by atoms with Crippen LogP contribution >= 0.6 is 0 Å². The Morgan fingerprint density at radius 3 is 2.70 bits per heavy atom. The molecule has 1 aromatic rings. The fourth-order valence-corrected chi connectivity index (χ4v) is 2.58. The van der Waals surface area contributed by atoms with Crippen LogP contribution in [0, 0.1) is 5.92 Å². The van der Waals surface area contributed by atoms with Gasteiger partial charge in [-0.1, -0.05) is 6.07 Å². The molecule has 5 nitrogen and oxygen atoms in total. The van der Waals surface area contributed by atoms with Gasteiger partial charge in [0.05, 0.1) is 18.3 Å². The highest BCUT2D eigenvalue weighted by molar-refractivity contribution is 5.97. The first kappa shape index (κ1) is 13.1. The van der Waals surface area contributed by atoms with E-state index in [1.54, 1.807) is 17.0 Å². The number of carbonyl (C=O) groups is 2. The molecule has 1 saturated carbocycles. The Labute approximate surface area is 117 Å². The van der Waals surface area contributed by atoms with Crippen LogP contribution in [0.1, 0.15) is 33.6 Å². The number of nitrogens with zero attached hydrogens (tertiary/aromatic N) is 1. The number of hydrogen-bond donors (Lipinski definition) is 1. The van der Waals surface area contributed by atoms with E-state index in [4.69, 9.17) is 9.84 Å². The van der Waals surface area contributed by atoms with Crippen LogP contribution < -0.4 is 0 Å². The van der Waals surface area contributed by atoms with Crippen molar-refractivity contribution < 1.29 is 19.4 Å². The van der Waals surface area contributed by atoms with E-state index in [-0.39, 0.29) is 17.6 Å². The van der Waals surface area contributed by atoms with Crippen LogP contribution in [0.5, 0.6) is 0 Å². The largest absolute Gasteiger partial charge is 0.478 e. The molecule has 0 radical (unpaired) electrons. The zero-order valence-electron chi connectivity index (χ0n) is 11.1. The van der Waals surface area contributed by atoms with Crippen molar-refractivity contribution in [3.05, 3.63) is 35.4 Å². The van der Waals surface area contributed by atoms with E-state index in [0.717, 1.165) is 0 Å². The first-order valence-corrected chi connectivity index (χ1v) is 6.89. The molecular weight excluding hydrogens is 258 g/mol. The molecule has 20 heavy (non-hydrogen) atoms. The van der Waals surface area contributed by atoms with E-state index in [0.29, 0.717) is 31.2 Å². The lowest BCUT2D eigenvalue weighted by Crippen LogP contribution is -2.46. The molecule has 0 aromatic heterocycles. The summed E-state index contributed by atoms with van der Waals surface area (Å²) in [4.78, 5) is 25.2. The molecule has 5 heteroatoms. The lowest BCUT2D eigenvalue weighted by Gasteiger charge is -2.33. The standard InChI is InChI=1S/C15H17NO4/c17-14(11-2-1-3-12(8-11)15(18)19)16-6-7-20-13(9-16)10-4-5-10/h1-3,8,10,13H,4-7,9H2,(H,18,19). The van der Waals surface area contributed by atoms with Crippen LogP contribution in [0.3, 0.4) is 0 Å². The number of morpholine rings is 1. The molecule has 0 spiro atoms. The molecule has 1 N–H and O–H groups in total. The summed E-state index contributed by atoms with van der Waals surface area (Å²) in [6.45, 7) is 1.74. The third-order valence-electron chi connectivity index (χ3n) is 3.88. The number of aromatic carboxylic acids is 1. The van der Waals surface area contributed by atoms with E-state index in [2.05, 4.69) is 0 Å². The Morgan fingerprint density at radius 1 is 1.25 bits per heavy atom. The Bertz CT molecular complexity index is 538. The monoisotopic (exact) mass is 275 g/mol. The van der Waals surface area contributed by atoms with Crippen LogP contribution in [0.2, 0.25) is 0 Å². The summed E-state index contributed by atoms with van der Waals surface area (Å²) in [6.07, 6.45) is 2.51. The number of carboxylic acid groups (broad SMARTS) is 1. The molecule has 1 aliphatic carbocycles. The van der Waals surface area contributed by atoms with Crippen molar-refractivity contribution in [2.45, 2.75) is 18.9 Å². The molecule has 2 fully saturated rings. The van der Waals surface area contributed by atoms with Crippen LogP contribution in [-0.4, -0.2) is 47.7 Å². The zero-order valence-corrected chi connectivity index (χ0v) is 11.1. The number of hydrogen-bond acceptors (Lipinski definition) is 3. The maximum atomic E-state index is 12.4. The van der Waals surface area contributed by atoms with Gasteiger partial charge in [0.1, 0.15) is 0 Å². The zero-order chi connectivity index (χ0) is 14.1. The summed E-state index contributed by atoms with van der Waals surface area (Å²) in [7, 11) is 0. The van der Waals surface area contributed by atoms with Gasteiger partial charge in [-0.15, -0.1) is 0 Å². The van der Waals surface area contributed by atoms with E-state index in [1.165, 1.54) is 25.0 Å². The number of carbonyl (C=O) groups excluding carboxylic acids is 1. The highest BCUT2D eigenvalue weighted by atomic mass is 16.5. The van der Waals surface area contributed by atoms with Gasteiger partial charge in [0.15, 0.2) is 0 Å². The SMILES string of the molecule is O=C(O)c1cccc(C(=O)N2CCOC(C3CC3)C2)c1. The van der Waals surface area contributed by atoms with Gasteiger partial charge in [-0.25, -0.2) is 4.79 Å². The number of carboxylic acids is 1. The molecule has 1 amide bonds. The van der Waals surface area contributed by atoms with Gasteiger partial charge in [0.25, 0.3) is 5.91 Å². The molecule has 1 heterocycles. The summed E-state index contributed by atoms with van der Waals surface area (Å²) in [5.41, 5.74) is 0.573. The Hall–Kier alpha value is -1.88. The number of amides is 1. The molecule has 3 rings (SSSR count). The van der Waals surface area contributed by atoms with Crippen LogP contribution in [0.15, 0.2) is 24.3 Å². The molecule has 1 aliphatic heterocycles. The predicted octanol–water partition coefficient (Wildman–Crippen LogP) is 1.64. The van der Waals surface area contributed by atoms with Gasteiger partial charge in [0.2, 0.25) is 0 Å². The van der Waals surface area contributed by atoms with Crippen LogP contribution in [-0.2, 0) is 4.74 Å². The first-order chi connectivity index (χ1) is 9.65. The molecule has 2 aliphatic rings. The van der Waals surface area contributed by atoms with Gasteiger partial charge in [-0.3, -0.25) is 4.79 Å². The van der Waals surface area contributed by atoms with Crippen molar-refractivity contribution in [1.82, 2.24) is 4.90 Å². The molecule has 1 unspecified atom stereocenters. The van der Waals surface area contributed by atoms with Gasteiger partial charge >= 0.3 is 5.97 Å². The molecule has 106 valence electrons. The summed E-state index contributed by atoms with van der Waals surface area (Å²) >= 11 is 0. The third-order valence-corrected chi connectivity index (χ3v) is 3.88. The maximum absolute atomic E-state index is 12.4. The van der Waals surface area contributed by atoms with E-state index in [1.807, 2.05) is 0 Å². The lowest BCUT2D eigenvalue weighted by atomic mass is 10.1. The minimum atomic E-state index is -1.02. The summed E-state index contributed by atoms with van der Waals surface area (Å²) in [6, 6.07) is 6.20. The number of ether oxygens (including phenoxy) is 1. The molecule has 1 aromatic carbocycles. The second-order valence-electron chi connectivity index (χ2n) is 5.38. The molecular formula is C15H17NO4. The number of rotatable bonds is 3. The first-order valence-electron chi connectivity index (χ1n) is 6.89. The molecule has 1 saturated heterocycles. The van der Waals surface area contributed by atoms with Gasteiger partial charge in [-0.05, 0) is 37.0 Å². The second-order valence-corrected chi connectivity index (χ2v) is 5.38. The summed E-state index contributed by atoms with van der Waals surface area (Å²) < 4.78 is 5.69. The Morgan fingerprint density at radius 2 is 2.00 bits per heavy atom. The molecule has 0 bridgehead atoms. The maximum Gasteiger partial charge on any atom is 0.335 e. The van der Waals surface area contributed by atoms with E-state index >= 15 is 0 Å². The third kappa shape index (κ3) is 2.67. The van der Waals surface area contributed by atoms with Crippen molar-refractivity contribution in [3.8, 4) is 0 Å². The second kappa shape index (κ2) is 5.25. The minimum Gasteiger partial charge on any atom is -0.478 e. The average Bonchev–Trinajstić information content (AvgIpc) is 3.31. The minimum absolute atomic E-state index is 0.109. The smallest absolute Gasteiger partial charge is 0.335 e. The van der Waals surface area contributed by atoms with Gasteiger partial charge < -0.3 is 14.7 Å². The average molecular weight is 275 g/mol. The summed E-state index contributed by atoms with van der Waals surface area (Å²) in [5.74, 6) is -0.532. The van der Waals surface area contributed by atoms with Crippen molar-refractivity contribution in [3.63, 3.8) is 0 Å². The number of benzene rings is 1. The van der Waals surface area contributed by atoms with Crippen molar-refractivity contribution >= 4 is 11.9 Å². The fourth-order valence-electron chi connectivity index (χ4n) is 2.58. The quantitative estimate of drug-likeness (QED) is 0.910. The normalized spacial score (nSPS) is 22.6. The van der Waals surface area contributed by atoms with Crippen molar-refractivity contribution in [2.75, 3.05) is 19.7 Å². The van der Waals surface area contributed by atoms with Crippen LogP contribution in [0.4, 0.5) is 0 Å². The Kier molecular flexibility index (Phi) is 3.44. The lowest BCUT2D eigenvalue weighted by molar-refractivity contribution is -0.0313.